The van der Waals surface area contributed by atoms with Gasteiger partial charge in [0.1, 0.15) is 0 Å². The topological polar surface area (TPSA) is 69.7 Å². The van der Waals surface area contributed by atoms with Gasteiger partial charge in [-0.1, -0.05) is 23.7 Å². The summed E-state index contributed by atoms with van der Waals surface area (Å²) in [6, 6.07) is 14.7. The van der Waals surface area contributed by atoms with Crippen LogP contribution >= 0.6 is 11.6 Å². The molecular weight excluding hydrogens is 410 g/mol. The summed E-state index contributed by atoms with van der Waals surface area (Å²) in [4.78, 5) is 28.8. The molecule has 154 valence electrons. The molecule has 1 aliphatic rings. The average Bonchev–Trinajstić information content (AvgIpc) is 2.72. The SMILES string of the molecule is CS(=O)Cc1cccc(C(=O)NCC(=O)N2CCN(c3ccc(Cl)cc3)CC2)c1. The van der Waals surface area contributed by atoms with Gasteiger partial charge in [-0.2, -0.15) is 0 Å². The van der Waals surface area contributed by atoms with Crippen molar-refractivity contribution >= 4 is 39.9 Å². The van der Waals surface area contributed by atoms with Gasteiger partial charge in [0.2, 0.25) is 5.91 Å². The summed E-state index contributed by atoms with van der Waals surface area (Å²) in [5.74, 6) is -0.000362. The van der Waals surface area contributed by atoms with Gasteiger partial charge in [-0.25, -0.2) is 0 Å². The molecule has 1 atom stereocenters. The van der Waals surface area contributed by atoms with Gasteiger partial charge in [0.25, 0.3) is 5.91 Å². The number of carbonyl (C=O) groups is 2. The Morgan fingerprint density at radius 3 is 2.41 bits per heavy atom. The number of halogens is 1. The smallest absolute Gasteiger partial charge is 0.251 e. The summed E-state index contributed by atoms with van der Waals surface area (Å²) in [5, 5.41) is 3.39. The lowest BCUT2D eigenvalue weighted by molar-refractivity contribution is -0.130. The second-order valence-electron chi connectivity index (χ2n) is 6.94. The maximum Gasteiger partial charge on any atom is 0.251 e. The Morgan fingerprint density at radius 2 is 1.76 bits per heavy atom. The van der Waals surface area contributed by atoms with Crippen LogP contribution in [0.5, 0.6) is 0 Å². The first kappa shape index (κ1) is 21.3. The van der Waals surface area contributed by atoms with E-state index < -0.39 is 10.8 Å². The second kappa shape index (κ2) is 9.89. The van der Waals surface area contributed by atoms with Crippen LogP contribution in [0, 0.1) is 0 Å². The van der Waals surface area contributed by atoms with Crippen LogP contribution in [0.1, 0.15) is 15.9 Å². The molecule has 8 heteroatoms. The predicted molar refractivity (Wildman–Crippen MR) is 117 cm³/mol. The molecule has 0 aliphatic carbocycles. The van der Waals surface area contributed by atoms with Crippen molar-refractivity contribution in [2.24, 2.45) is 0 Å². The number of carbonyl (C=O) groups excluding carboxylic acids is 2. The van der Waals surface area contributed by atoms with Crippen molar-refractivity contribution in [3.05, 3.63) is 64.7 Å². The molecule has 0 bridgehead atoms. The number of hydrogen-bond donors (Lipinski definition) is 1. The first-order valence-corrected chi connectivity index (χ1v) is 11.5. The molecule has 0 saturated carbocycles. The fourth-order valence-corrected chi connectivity index (χ4v) is 4.05. The van der Waals surface area contributed by atoms with E-state index in [0.717, 1.165) is 24.3 Å². The zero-order chi connectivity index (χ0) is 20.8. The molecule has 1 N–H and O–H groups in total. The maximum atomic E-state index is 12.5. The van der Waals surface area contributed by atoms with E-state index in [-0.39, 0.29) is 18.4 Å². The van der Waals surface area contributed by atoms with E-state index in [2.05, 4.69) is 10.2 Å². The molecule has 1 aliphatic heterocycles. The van der Waals surface area contributed by atoms with E-state index in [1.807, 2.05) is 30.3 Å². The minimum atomic E-state index is -0.974. The van der Waals surface area contributed by atoms with Crippen molar-refractivity contribution < 1.29 is 13.8 Å². The third-order valence-electron chi connectivity index (χ3n) is 4.78. The van der Waals surface area contributed by atoms with Crippen LogP contribution in [0.3, 0.4) is 0 Å². The van der Waals surface area contributed by atoms with E-state index in [4.69, 9.17) is 11.6 Å². The highest BCUT2D eigenvalue weighted by Crippen LogP contribution is 2.19. The van der Waals surface area contributed by atoms with Crippen LogP contribution in [0.4, 0.5) is 5.69 Å². The highest BCUT2D eigenvalue weighted by molar-refractivity contribution is 7.83. The minimum absolute atomic E-state index is 0.0380. The number of amides is 2. The van der Waals surface area contributed by atoms with Gasteiger partial charge in [-0.15, -0.1) is 0 Å². The van der Waals surface area contributed by atoms with E-state index in [9.17, 15) is 13.8 Å². The van der Waals surface area contributed by atoms with Gasteiger partial charge in [-0.05, 0) is 42.0 Å². The largest absolute Gasteiger partial charge is 0.368 e. The Hall–Kier alpha value is -2.38. The molecule has 1 saturated heterocycles. The van der Waals surface area contributed by atoms with Gasteiger partial charge >= 0.3 is 0 Å². The predicted octanol–water partition coefficient (Wildman–Crippen LogP) is 2.30. The van der Waals surface area contributed by atoms with E-state index >= 15 is 0 Å². The molecule has 1 heterocycles. The molecule has 0 radical (unpaired) electrons. The number of anilines is 1. The van der Waals surface area contributed by atoms with Crippen LogP contribution in [-0.2, 0) is 21.3 Å². The monoisotopic (exact) mass is 433 g/mol. The first-order valence-electron chi connectivity index (χ1n) is 9.38. The van der Waals surface area contributed by atoms with Crippen molar-refractivity contribution in [3.8, 4) is 0 Å². The molecule has 29 heavy (non-hydrogen) atoms. The number of nitrogens with zero attached hydrogens (tertiary/aromatic N) is 2. The lowest BCUT2D eigenvalue weighted by Gasteiger charge is -2.36. The highest BCUT2D eigenvalue weighted by Gasteiger charge is 2.21. The number of piperazine rings is 1. The van der Waals surface area contributed by atoms with E-state index in [1.54, 1.807) is 29.4 Å². The van der Waals surface area contributed by atoms with Crippen LogP contribution in [0.2, 0.25) is 5.02 Å². The van der Waals surface area contributed by atoms with E-state index in [1.165, 1.54) is 0 Å². The number of rotatable bonds is 6. The third-order valence-corrected chi connectivity index (χ3v) is 5.78. The molecule has 3 rings (SSSR count). The summed E-state index contributed by atoms with van der Waals surface area (Å²) in [6.07, 6.45) is 1.62. The van der Waals surface area contributed by atoms with Crippen molar-refractivity contribution in [2.45, 2.75) is 5.75 Å². The minimum Gasteiger partial charge on any atom is -0.368 e. The van der Waals surface area contributed by atoms with Crippen LogP contribution < -0.4 is 10.2 Å². The average molecular weight is 434 g/mol. The molecule has 0 aromatic heterocycles. The van der Waals surface area contributed by atoms with Crippen molar-refractivity contribution in [3.63, 3.8) is 0 Å². The molecule has 6 nitrogen and oxygen atoms in total. The summed E-state index contributed by atoms with van der Waals surface area (Å²) in [7, 11) is -0.974. The summed E-state index contributed by atoms with van der Waals surface area (Å²) < 4.78 is 11.4. The van der Waals surface area contributed by atoms with Gasteiger partial charge in [0.15, 0.2) is 0 Å². The zero-order valence-electron chi connectivity index (χ0n) is 16.3. The molecular formula is C21H24ClN3O3S. The lowest BCUT2D eigenvalue weighted by Crippen LogP contribution is -2.51. The third kappa shape index (κ3) is 6.05. The highest BCUT2D eigenvalue weighted by atomic mass is 35.5. The fraction of sp³-hybridized carbons (Fsp3) is 0.333. The van der Waals surface area contributed by atoms with Crippen molar-refractivity contribution in [1.82, 2.24) is 10.2 Å². The first-order chi connectivity index (χ1) is 13.9. The Morgan fingerprint density at radius 1 is 1.07 bits per heavy atom. The van der Waals surface area contributed by atoms with Gasteiger partial charge in [0.05, 0.1) is 6.54 Å². The summed E-state index contributed by atoms with van der Waals surface area (Å²) in [6.45, 7) is 2.64. The van der Waals surface area contributed by atoms with Crippen molar-refractivity contribution in [2.75, 3.05) is 43.9 Å². The Labute approximate surface area is 178 Å². The van der Waals surface area contributed by atoms with Gasteiger partial charge in [0, 0.05) is 65.3 Å². The Bertz CT molecular complexity index is 896. The second-order valence-corrected chi connectivity index (χ2v) is 8.82. The Kier molecular flexibility index (Phi) is 7.28. The number of benzene rings is 2. The zero-order valence-corrected chi connectivity index (χ0v) is 17.8. The molecule has 2 amide bonds. The molecule has 0 spiro atoms. The van der Waals surface area contributed by atoms with Crippen LogP contribution in [0.25, 0.3) is 0 Å². The summed E-state index contributed by atoms with van der Waals surface area (Å²) >= 11 is 5.93. The van der Waals surface area contributed by atoms with Gasteiger partial charge in [-0.3, -0.25) is 13.8 Å². The molecule has 1 unspecified atom stereocenters. The fourth-order valence-electron chi connectivity index (χ4n) is 3.27. The van der Waals surface area contributed by atoms with Gasteiger partial charge < -0.3 is 15.1 Å². The molecule has 2 aromatic rings. The lowest BCUT2D eigenvalue weighted by atomic mass is 10.1. The standard InChI is InChI=1S/C21H24ClN3O3S/c1-29(28)15-16-3-2-4-17(13-16)21(27)23-14-20(26)25-11-9-24(10-12-25)19-7-5-18(22)6-8-19/h2-8,13H,9-12,14-15H2,1H3,(H,23,27). The molecule has 2 aromatic carbocycles. The normalized spacial score (nSPS) is 15.1. The van der Waals surface area contributed by atoms with Crippen molar-refractivity contribution in [1.29, 1.82) is 0 Å². The number of nitrogens with one attached hydrogen (secondary N) is 1. The maximum absolute atomic E-state index is 12.5. The van der Waals surface area contributed by atoms with Crippen LogP contribution in [-0.4, -0.2) is 59.9 Å². The Balaban J connectivity index is 1.48. The molecule has 1 fully saturated rings. The van der Waals surface area contributed by atoms with E-state index in [0.29, 0.717) is 29.4 Å². The summed E-state index contributed by atoms with van der Waals surface area (Å²) in [5.41, 5.74) is 2.39. The number of hydrogen-bond acceptors (Lipinski definition) is 4. The van der Waals surface area contributed by atoms with Crippen LogP contribution in [0.15, 0.2) is 48.5 Å². The quantitative estimate of drug-likeness (QED) is 0.758.